The number of carboxylic acids is 1. The Balaban J connectivity index is 1.84. The van der Waals surface area contributed by atoms with Gasteiger partial charge >= 0.3 is 12.1 Å². The molecule has 0 saturated carbocycles. The van der Waals surface area contributed by atoms with Gasteiger partial charge in [-0.1, -0.05) is 11.6 Å². The van der Waals surface area contributed by atoms with Gasteiger partial charge in [0.05, 0.1) is 17.2 Å². The van der Waals surface area contributed by atoms with Crippen molar-refractivity contribution in [2.75, 3.05) is 5.32 Å². The minimum absolute atomic E-state index is 0.00768. The van der Waals surface area contributed by atoms with Gasteiger partial charge in [0.1, 0.15) is 11.6 Å². The fourth-order valence-electron chi connectivity index (χ4n) is 3.71. The highest BCUT2D eigenvalue weighted by molar-refractivity contribution is 6.31. The van der Waals surface area contributed by atoms with Crippen molar-refractivity contribution in [1.82, 2.24) is 5.32 Å². The summed E-state index contributed by atoms with van der Waals surface area (Å²) in [6.07, 6.45) is -4.93. The number of hydrogen-bond acceptors (Lipinski definition) is 3. The third-order valence-electron chi connectivity index (χ3n) is 5.24. The van der Waals surface area contributed by atoms with Gasteiger partial charge in [0.25, 0.3) is 11.8 Å². The van der Waals surface area contributed by atoms with Crippen molar-refractivity contribution in [3.8, 4) is 0 Å². The van der Waals surface area contributed by atoms with Crippen molar-refractivity contribution in [2.24, 2.45) is 0 Å². The van der Waals surface area contributed by atoms with E-state index in [1.54, 1.807) is 0 Å². The Labute approximate surface area is 198 Å². The molecular formula is C23H12ClF5N2O4. The molecule has 1 aliphatic rings. The molecule has 1 unspecified atom stereocenters. The van der Waals surface area contributed by atoms with E-state index >= 15 is 0 Å². The van der Waals surface area contributed by atoms with Gasteiger partial charge in [-0.2, -0.15) is 13.2 Å². The van der Waals surface area contributed by atoms with Gasteiger partial charge in [-0.3, -0.25) is 9.59 Å². The van der Waals surface area contributed by atoms with Gasteiger partial charge in [-0.15, -0.1) is 0 Å². The summed E-state index contributed by atoms with van der Waals surface area (Å²) < 4.78 is 66.9. The number of halogens is 6. The molecule has 0 radical (unpaired) electrons. The maximum absolute atomic E-state index is 13.9. The molecule has 0 saturated heterocycles. The molecule has 0 fully saturated rings. The van der Waals surface area contributed by atoms with Crippen LogP contribution >= 0.6 is 11.6 Å². The third-order valence-corrected chi connectivity index (χ3v) is 5.58. The van der Waals surface area contributed by atoms with Crippen molar-refractivity contribution < 1.29 is 41.4 Å². The monoisotopic (exact) mass is 510 g/mol. The smallest absolute Gasteiger partial charge is 0.416 e. The van der Waals surface area contributed by atoms with E-state index in [0.29, 0.717) is 12.1 Å². The first-order valence-corrected chi connectivity index (χ1v) is 10.1. The topological polar surface area (TPSA) is 95.5 Å². The summed E-state index contributed by atoms with van der Waals surface area (Å²) >= 11 is 6.16. The van der Waals surface area contributed by atoms with Crippen LogP contribution in [0.15, 0.2) is 48.5 Å². The van der Waals surface area contributed by atoms with Crippen molar-refractivity contribution in [1.29, 1.82) is 0 Å². The molecule has 4 rings (SSSR count). The minimum atomic E-state index is -4.93. The highest BCUT2D eigenvalue weighted by Crippen LogP contribution is 2.40. The molecule has 0 aromatic heterocycles. The van der Waals surface area contributed by atoms with E-state index in [9.17, 15) is 41.4 Å². The number of nitrogens with one attached hydrogen (secondary N) is 2. The largest absolute Gasteiger partial charge is 0.478 e. The average Bonchev–Trinajstić information content (AvgIpc) is 3.11. The Morgan fingerprint density at radius 3 is 2.34 bits per heavy atom. The second-order valence-electron chi connectivity index (χ2n) is 7.54. The zero-order valence-electron chi connectivity index (χ0n) is 17.1. The van der Waals surface area contributed by atoms with E-state index in [0.717, 1.165) is 24.3 Å². The first kappa shape index (κ1) is 24.1. The molecule has 12 heteroatoms. The molecule has 3 aromatic carbocycles. The quantitative estimate of drug-likeness (QED) is 0.408. The molecule has 1 heterocycles. The Bertz CT molecular complexity index is 1410. The number of carbonyl (C=O) groups excluding carboxylic acids is 2. The number of carboxylic acid groups (broad SMARTS) is 1. The number of alkyl halides is 3. The number of aromatic carboxylic acids is 1. The molecule has 35 heavy (non-hydrogen) atoms. The van der Waals surface area contributed by atoms with Crippen LogP contribution in [-0.2, 0) is 6.18 Å². The maximum atomic E-state index is 13.9. The maximum Gasteiger partial charge on any atom is 0.416 e. The van der Waals surface area contributed by atoms with Gasteiger partial charge in [0.2, 0.25) is 0 Å². The van der Waals surface area contributed by atoms with Crippen LogP contribution in [0.4, 0.5) is 27.6 Å². The Kier molecular flexibility index (Phi) is 5.97. The van der Waals surface area contributed by atoms with Crippen molar-refractivity contribution in [3.05, 3.63) is 98.6 Å². The average molecular weight is 511 g/mol. The van der Waals surface area contributed by atoms with Gasteiger partial charge in [-0.05, 0) is 48.5 Å². The summed E-state index contributed by atoms with van der Waals surface area (Å²) in [7, 11) is 0. The molecule has 180 valence electrons. The number of anilines is 1. The van der Waals surface area contributed by atoms with Crippen LogP contribution in [-0.4, -0.2) is 22.9 Å². The lowest BCUT2D eigenvalue weighted by atomic mass is 9.94. The molecule has 3 aromatic rings. The fourth-order valence-corrected chi connectivity index (χ4v) is 3.93. The molecule has 1 atom stereocenters. The number of rotatable bonds is 4. The van der Waals surface area contributed by atoms with Crippen LogP contribution in [0.1, 0.15) is 53.8 Å². The van der Waals surface area contributed by atoms with Crippen molar-refractivity contribution in [2.45, 2.75) is 12.2 Å². The molecule has 0 bridgehead atoms. The second kappa shape index (κ2) is 8.66. The van der Waals surface area contributed by atoms with Crippen molar-refractivity contribution >= 4 is 35.1 Å². The number of amides is 2. The van der Waals surface area contributed by atoms with E-state index in [1.165, 1.54) is 6.07 Å². The Hall–Kier alpha value is -3.99. The predicted octanol–water partition coefficient (Wildman–Crippen LogP) is 5.42. The van der Waals surface area contributed by atoms with E-state index in [1.807, 2.05) is 0 Å². The first-order chi connectivity index (χ1) is 16.3. The third kappa shape index (κ3) is 4.67. The summed E-state index contributed by atoms with van der Waals surface area (Å²) in [5.74, 6) is -5.44. The summed E-state index contributed by atoms with van der Waals surface area (Å²) in [4.78, 5) is 37.0. The van der Waals surface area contributed by atoms with Crippen LogP contribution < -0.4 is 10.6 Å². The lowest BCUT2D eigenvalue weighted by molar-refractivity contribution is -0.137. The minimum Gasteiger partial charge on any atom is -0.478 e. The Morgan fingerprint density at radius 1 is 0.971 bits per heavy atom. The first-order valence-electron chi connectivity index (χ1n) is 9.71. The van der Waals surface area contributed by atoms with Crippen LogP contribution in [0, 0.1) is 11.6 Å². The van der Waals surface area contributed by atoms with Gasteiger partial charge < -0.3 is 15.7 Å². The summed E-state index contributed by atoms with van der Waals surface area (Å²) in [5, 5.41) is 14.2. The molecule has 2 amide bonds. The zero-order chi connectivity index (χ0) is 25.7. The second-order valence-corrected chi connectivity index (χ2v) is 7.95. The lowest BCUT2D eigenvalue weighted by Gasteiger charge is -2.18. The normalized spacial score (nSPS) is 14.9. The highest BCUT2D eigenvalue weighted by atomic mass is 35.5. The SMILES string of the molecule is O=C(O)c1cc(NC(=O)c2cc(F)cc(C(F)(F)F)c2)c2c(c1)C(=O)NC2c1cc(F)ccc1Cl. The standard InChI is InChI=1S/C23H12ClF5N2O4/c24-16-2-1-12(25)8-14(16)19-18-15(21(33)31-19)5-10(22(34)35)6-17(18)30-20(32)9-3-11(23(27,28)29)7-13(26)4-9/h1-8,19H,(H,30,32)(H,31,33)(H,34,35). The molecule has 1 aliphatic heterocycles. The molecule has 0 spiro atoms. The van der Waals surface area contributed by atoms with Gasteiger partial charge in [0.15, 0.2) is 0 Å². The predicted molar refractivity (Wildman–Crippen MR) is 113 cm³/mol. The number of carbonyl (C=O) groups is 3. The van der Waals surface area contributed by atoms with E-state index in [2.05, 4.69) is 10.6 Å². The zero-order valence-corrected chi connectivity index (χ0v) is 17.9. The van der Waals surface area contributed by atoms with E-state index in [4.69, 9.17) is 11.6 Å². The lowest BCUT2D eigenvalue weighted by Crippen LogP contribution is -2.21. The fraction of sp³-hybridized carbons (Fsp3) is 0.0870. The summed E-state index contributed by atoms with van der Waals surface area (Å²) in [6.45, 7) is 0. The summed E-state index contributed by atoms with van der Waals surface area (Å²) in [6, 6.07) is 5.40. The molecule has 6 nitrogen and oxygen atoms in total. The molecule has 3 N–H and O–H groups in total. The van der Waals surface area contributed by atoms with E-state index < -0.39 is 58.3 Å². The van der Waals surface area contributed by atoms with Crippen LogP contribution in [0.2, 0.25) is 5.02 Å². The van der Waals surface area contributed by atoms with Crippen molar-refractivity contribution in [3.63, 3.8) is 0 Å². The van der Waals surface area contributed by atoms with E-state index in [-0.39, 0.29) is 33.5 Å². The van der Waals surface area contributed by atoms with Gasteiger partial charge in [-0.25, -0.2) is 13.6 Å². The number of benzene rings is 3. The number of fused-ring (bicyclic) bond motifs is 1. The highest BCUT2D eigenvalue weighted by Gasteiger charge is 2.36. The molecule has 0 aliphatic carbocycles. The van der Waals surface area contributed by atoms with Gasteiger partial charge in [0, 0.05) is 33.0 Å². The number of hydrogen-bond donors (Lipinski definition) is 3. The Morgan fingerprint density at radius 2 is 1.69 bits per heavy atom. The van der Waals surface area contributed by atoms with Crippen LogP contribution in [0.25, 0.3) is 0 Å². The van der Waals surface area contributed by atoms with Crippen LogP contribution in [0.3, 0.4) is 0 Å². The molecular weight excluding hydrogens is 499 g/mol. The van der Waals surface area contributed by atoms with Crippen LogP contribution in [0.5, 0.6) is 0 Å². The summed E-state index contributed by atoms with van der Waals surface area (Å²) in [5.41, 5.74) is -2.89.